The van der Waals surface area contributed by atoms with Crippen molar-refractivity contribution in [2.45, 2.75) is 117 Å². The third kappa shape index (κ3) is 14.3. The summed E-state index contributed by atoms with van der Waals surface area (Å²) in [5, 5.41) is 35.6. The molecule has 5 atom stereocenters. The van der Waals surface area contributed by atoms with E-state index in [9.17, 15) is 33.6 Å². The molecule has 0 aromatic carbocycles. The first-order chi connectivity index (χ1) is 23.2. The van der Waals surface area contributed by atoms with Crippen LogP contribution in [0.1, 0.15) is 98.2 Å². The summed E-state index contributed by atoms with van der Waals surface area (Å²) in [5.74, 6) is -4.73. The molecule has 1 aromatic heterocycles. The number of hydrogen-bond donors (Lipinski definition) is 7. The zero-order chi connectivity index (χ0) is 36.5. The van der Waals surface area contributed by atoms with Crippen LogP contribution in [-0.2, 0) is 40.0 Å². The predicted octanol–water partition coefficient (Wildman–Crippen LogP) is 0.172. The van der Waals surface area contributed by atoms with E-state index in [0.717, 1.165) is 19.3 Å². The predicted molar refractivity (Wildman–Crippen MR) is 176 cm³/mol. The van der Waals surface area contributed by atoms with Gasteiger partial charge in [-0.15, -0.1) is 10.2 Å². The molecule has 5 amide bonds. The van der Waals surface area contributed by atoms with Crippen molar-refractivity contribution in [3.8, 4) is 0 Å². The maximum absolute atomic E-state index is 13.3. The Morgan fingerprint density at radius 3 is 2.14 bits per heavy atom. The summed E-state index contributed by atoms with van der Waals surface area (Å²) >= 11 is 0. The molecule has 274 valence electrons. The first-order valence-corrected chi connectivity index (χ1v) is 17.2. The molecule has 17 nitrogen and oxygen atoms in total. The van der Waals surface area contributed by atoms with Crippen molar-refractivity contribution < 1.29 is 38.7 Å². The average molecular weight is 692 g/mol. The number of aromatic nitrogens is 4. The molecular weight excluding hydrogens is 638 g/mol. The fourth-order valence-electron chi connectivity index (χ4n) is 5.86. The molecule has 2 rings (SSSR count). The minimum Gasteiger partial charge on any atom is -0.480 e. The second-order valence-electron chi connectivity index (χ2n) is 13.3. The molecule has 0 radical (unpaired) electrons. The number of H-pyrrole nitrogens is 1. The number of aryl methyl sites for hydroxylation is 1. The van der Waals surface area contributed by atoms with Crippen molar-refractivity contribution in [3.05, 3.63) is 5.82 Å². The number of nitrogens with one attached hydrogen (secondary N) is 6. The summed E-state index contributed by atoms with van der Waals surface area (Å²) in [6.45, 7) is 8.65. The number of nitrogens with zero attached hydrogens (tertiary/aromatic N) is 3. The van der Waals surface area contributed by atoms with Crippen LogP contribution in [0.15, 0.2) is 0 Å². The quantitative estimate of drug-likeness (QED) is 0.0637. The molecule has 1 aromatic rings. The average Bonchev–Trinajstić information content (AvgIpc) is 3.73. The van der Waals surface area contributed by atoms with E-state index in [4.69, 9.17) is 5.11 Å². The summed E-state index contributed by atoms with van der Waals surface area (Å²) in [4.78, 5) is 87.6. The fraction of sp³-hybridized carbons (Fsp3) is 0.750. The molecule has 17 heteroatoms. The number of amides is 5. The first kappa shape index (κ1) is 40.7. The van der Waals surface area contributed by atoms with Gasteiger partial charge in [0.25, 0.3) is 5.91 Å². The first-order valence-electron chi connectivity index (χ1n) is 17.2. The lowest BCUT2D eigenvalue weighted by molar-refractivity contribution is -0.142. The Balaban J connectivity index is 1.89. The topological polar surface area (TPSA) is 254 Å². The van der Waals surface area contributed by atoms with Gasteiger partial charge in [0.05, 0.1) is 6.04 Å². The molecule has 1 aliphatic carbocycles. The van der Waals surface area contributed by atoms with Crippen molar-refractivity contribution in [3.63, 3.8) is 0 Å². The van der Waals surface area contributed by atoms with E-state index in [1.165, 1.54) is 0 Å². The van der Waals surface area contributed by atoms with E-state index >= 15 is 0 Å². The molecule has 1 saturated carbocycles. The highest BCUT2D eigenvalue weighted by molar-refractivity contribution is 6.38. The molecule has 1 aliphatic rings. The molecule has 7 N–H and O–H groups in total. The molecule has 1 heterocycles. The molecule has 1 fully saturated rings. The van der Waals surface area contributed by atoms with Crippen LogP contribution in [0.2, 0.25) is 0 Å². The number of ketones is 1. The molecule has 0 saturated heterocycles. The summed E-state index contributed by atoms with van der Waals surface area (Å²) in [6, 6.07) is -2.75. The molecule has 0 bridgehead atoms. The molecular formula is C32H53N9O8. The van der Waals surface area contributed by atoms with E-state index in [2.05, 4.69) is 41.9 Å². The number of hydrogen-bond acceptors (Lipinski definition) is 10. The summed E-state index contributed by atoms with van der Waals surface area (Å²) < 4.78 is 0. The van der Waals surface area contributed by atoms with Gasteiger partial charge in [-0.05, 0) is 55.8 Å². The third-order valence-electron chi connectivity index (χ3n) is 8.61. The largest absolute Gasteiger partial charge is 0.480 e. The van der Waals surface area contributed by atoms with Crippen LogP contribution < -0.4 is 26.6 Å². The van der Waals surface area contributed by atoms with Crippen LogP contribution in [0.25, 0.3) is 0 Å². The lowest BCUT2D eigenvalue weighted by Crippen LogP contribution is -2.57. The minimum atomic E-state index is -1.29. The SMILES string of the molecule is CCCC(NC(=O)C[C@H]1CCC[C@H]1CNC(=O)[C@@H](NC(=O)[C@H](NC(=O)CCCCc1nn[nH]n1)C(C)C)C(C)C)C(=O)C(=O)NCC(=O)O. The van der Waals surface area contributed by atoms with E-state index in [0.29, 0.717) is 38.1 Å². The van der Waals surface area contributed by atoms with Crippen molar-refractivity contribution in [2.24, 2.45) is 23.7 Å². The standard InChI is InChI=1S/C32H53N9O8/c1-6-10-22(29(46)32(49)34-17-26(44)45)35-25(43)15-20-11-9-12-21(20)16-33-30(47)27(18(2)3)37-31(48)28(19(4)5)36-24(42)14-8-7-13-23-38-40-41-39-23/h18-22,27-28H,6-17H2,1-5H3,(H,33,47)(H,34,49)(H,35,43)(H,36,42)(H,37,48)(H,44,45)(H,38,39,40,41)/t20-,21+,22?,27+,28-/m1/s1. The Morgan fingerprint density at radius 2 is 1.53 bits per heavy atom. The van der Waals surface area contributed by atoms with Gasteiger partial charge < -0.3 is 31.7 Å². The van der Waals surface area contributed by atoms with Gasteiger partial charge in [0.2, 0.25) is 29.4 Å². The van der Waals surface area contributed by atoms with Gasteiger partial charge in [0, 0.05) is 25.8 Å². The number of Topliss-reactive ketones (excluding diaryl/α,β-unsaturated/α-hetero) is 1. The normalized spacial score (nSPS) is 17.5. The van der Waals surface area contributed by atoms with Gasteiger partial charge in [-0.1, -0.05) is 52.7 Å². The molecule has 0 aliphatic heterocycles. The highest BCUT2D eigenvalue weighted by Gasteiger charge is 2.34. The van der Waals surface area contributed by atoms with Crippen molar-refractivity contribution in [1.29, 1.82) is 0 Å². The van der Waals surface area contributed by atoms with Crippen molar-refractivity contribution in [2.75, 3.05) is 13.1 Å². The second-order valence-corrected chi connectivity index (χ2v) is 13.3. The van der Waals surface area contributed by atoms with Crippen LogP contribution in [-0.4, -0.2) is 98.2 Å². The number of carboxylic acids is 1. The Morgan fingerprint density at radius 1 is 0.857 bits per heavy atom. The number of carbonyl (C=O) groups excluding carboxylic acids is 6. The van der Waals surface area contributed by atoms with Crippen LogP contribution >= 0.6 is 0 Å². The zero-order valence-corrected chi connectivity index (χ0v) is 29.2. The van der Waals surface area contributed by atoms with E-state index in [-0.39, 0.29) is 54.7 Å². The lowest BCUT2D eigenvalue weighted by Gasteiger charge is -2.28. The summed E-state index contributed by atoms with van der Waals surface area (Å²) in [6.07, 6.45) is 5.28. The van der Waals surface area contributed by atoms with E-state index in [1.54, 1.807) is 6.92 Å². The highest BCUT2D eigenvalue weighted by atomic mass is 16.4. The highest BCUT2D eigenvalue weighted by Crippen LogP contribution is 2.33. The Labute approximate surface area is 286 Å². The van der Waals surface area contributed by atoms with Gasteiger partial charge in [-0.2, -0.15) is 5.21 Å². The van der Waals surface area contributed by atoms with Crippen molar-refractivity contribution in [1.82, 2.24) is 47.2 Å². The van der Waals surface area contributed by atoms with Crippen LogP contribution in [0.4, 0.5) is 0 Å². The lowest BCUT2D eigenvalue weighted by atomic mass is 9.91. The number of aromatic amines is 1. The second kappa shape index (κ2) is 20.8. The minimum absolute atomic E-state index is 0.0137. The van der Waals surface area contributed by atoms with Gasteiger partial charge in [-0.25, -0.2) is 0 Å². The van der Waals surface area contributed by atoms with Gasteiger partial charge in [-0.3, -0.25) is 33.6 Å². The number of carbonyl (C=O) groups is 7. The smallest absolute Gasteiger partial charge is 0.322 e. The monoisotopic (exact) mass is 691 g/mol. The molecule has 0 spiro atoms. The number of aliphatic carboxylic acids is 1. The van der Waals surface area contributed by atoms with Gasteiger partial charge in [0.15, 0.2) is 5.82 Å². The summed E-state index contributed by atoms with van der Waals surface area (Å²) in [7, 11) is 0. The van der Waals surface area contributed by atoms with E-state index in [1.807, 2.05) is 33.0 Å². The third-order valence-corrected chi connectivity index (χ3v) is 8.61. The Bertz CT molecular complexity index is 1270. The van der Waals surface area contributed by atoms with Crippen LogP contribution in [0.3, 0.4) is 0 Å². The fourth-order valence-corrected chi connectivity index (χ4v) is 5.86. The molecule has 49 heavy (non-hydrogen) atoms. The molecule has 1 unspecified atom stereocenters. The van der Waals surface area contributed by atoms with Gasteiger partial charge in [0.1, 0.15) is 18.6 Å². The summed E-state index contributed by atoms with van der Waals surface area (Å²) in [5.41, 5.74) is 0. The number of rotatable bonds is 22. The maximum Gasteiger partial charge on any atom is 0.322 e. The van der Waals surface area contributed by atoms with Crippen LogP contribution in [0, 0.1) is 23.7 Å². The number of carboxylic acid groups (broad SMARTS) is 1. The zero-order valence-electron chi connectivity index (χ0n) is 29.2. The van der Waals surface area contributed by atoms with Gasteiger partial charge >= 0.3 is 5.97 Å². The number of tetrazole rings is 1. The van der Waals surface area contributed by atoms with Crippen LogP contribution in [0.5, 0.6) is 0 Å². The maximum atomic E-state index is 13.3. The van der Waals surface area contributed by atoms with Crippen molar-refractivity contribution >= 4 is 41.3 Å². The number of unbranched alkanes of at least 4 members (excludes halogenated alkanes) is 1. The Hall–Kier alpha value is -4.44. The van der Waals surface area contributed by atoms with E-state index < -0.39 is 54.1 Å². The Kier molecular flexibility index (Phi) is 17.3.